The van der Waals surface area contributed by atoms with Crippen molar-refractivity contribution in [1.82, 2.24) is 14.8 Å². The second-order valence-electron chi connectivity index (χ2n) is 6.41. The largest absolute Gasteiger partial charge is 0.380 e. The number of hydrogen-bond donors (Lipinski definition) is 1. The molecule has 0 bridgehead atoms. The monoisotopic (exact) mass is 401 g/mol. The zero-order chi connectivity index (χ0) is 20.9. The van der Waals surface area contributed by atoms with E-state index in [1.54, 1.807) is 13.0 Å². The lowest BCUT2D eigenvalue weighted by Crippen LogP contribution is -2.44. The molecule has 0 saturated heterocycles. The molecule has 1 heterocycles. The first-order valence-corrected chi connectivity index (χ1v) is 8.75. The van der Waals surface area contributed by atoms with Crippen LogP contribution in [0, 0.1) is 29.3 Å². The van der Waals surface area contributed by atoms with E-state index in [0.29, 0.717) is 11.6 Å². The van der Waals surface area contributed by atoms with Crippen LogP contribution < -0.4 is 0 Å². The van der Waals surface area contributed by atoms with Crippen LogP contribution in [-0.2, 0) is 16.9 Å². The van der Waals surface area contributed by atoms with Crippen LogP contribution in [0.25, 0.3) is 0 Å². The Balaban J connectivity index is 1.80. The maximum Gasteiger partial charge on any atom is 0.138 e. The average molecular weight is 401 g/mol. The predicted molar refractivity (Wildman–Crippen MR) is 99.0 cm³/mol. The van der Waals surface area contributed by atoms with E-state index in [9.17, 15) is 18.3 Å². The van der Waals surface area contributed by atoms with E-state index < -0.39 is 29.2 Å². The Hall–Kier alpha value is -3.15. The molecule has 0 saturated carbocycles. The summed E-state index contributed by atoms with van der Waals surface area (Å²) in [6, 6.07) is 8.70. The minimum absolute atomic E-state index is 0.0971. The molecule has 150 valence electrons. The maximum absolute atomic E-state index is 14.4. The number of aliphatic hydroxyl groups is 1. The van der Waals surface area contributed by atoms with Gasteiger partial charge in [0.1, 0.15) is 42.3 Å². The lowest BCUT2D eigenvalue weighted by atomic mass is 9.88. The smallest absolute Gasteiger partial charge is 0.138 e. The van der Waals surface area contributed by atoms with E-state index in [1.165, 1.54) is 41.6 Å². The molecule has 29 heavy (non-hydrogen) atoms. The van der Waals surface area contributed by atoms with Gasteiger partial charge in [-0.3, -0.25) is 0 Å². The number of aromatic nitrogens is 3. The third-order valence-electron chi connectivity index (χ3n) is 4.40. The van der Waals surface area contributed by atoms with Gasteiger partial charge < -0.3 is 9.84 Å². The molecule has 3 rings (SSSR count). The summed E-state index contributed by atoms with van der Waals surface area (Å²) in [6.45, 7) is 1.28. The van der Waals surface area contributed by atoms with Gasteiger partial charge in [0.05, 0.1) is 12.6 Å². The molecule has 2 atom stereocenters. The molecule has 0 aliphatic heterocycles. The molecule has 0 fully saturated rings. The minimum Gasteiger partial charge on any atom is -0.380 e. The van der Waals surface area contributed by atoms with Crippen LogP contribution in [0.1, 0.15) is 18.1 Å². The summed E-state index contributed by atoms with van der Waals surface area (Å²) < 4.78 is 47.9. The van der Waals surface area contributed by atoms with Crippen molar-refractivity contribution < 1.29 is 23.0 Å². The van der Waals surface area contributed by atoms with Gasteiger partial charge in [0.2, 0.25) is 0 Å². The van der Waals surface area contributed by atoms with Crippen molar-refractivity contribution in [3.05, 3.63) is 83.7 Å². The number of nitrogens with zero attached hydrogens (tertiary/aromatic N) is 3. The highest BCUT2D eigenvalue weighted by atomic mass is 19.1. The highest BCUT2D eigenvalue weighted by Crippen LogP contribution is 2.31. The molecule has 2 aromatic carbocycles. The number of ether oxygens (including phenoxy) is 1. The van der Waals surface area contributed by atoms with Gasteiger partial charge >= 0.3 is 0 Å². The van der Waals surface area contributed by atoms with Crippen molar-refractivity contribution in [2.24, 2.45) is 0 Å². The van der Waals surface area contributed by atoms with Gasteiger partial charge in [-0.05, 0) is 31.2 Å². The number of rotatable bonds is 6. The van der Waals surface area contributed by atoms with E-state index >= 15 is 0 Å². The molecule has 3 aromatic rings. The Kier molecular flexibility index (Phi) is 6.32. The fraction of sp³-hybridized carbons (Fsp3) is 0.238. The molecule has 1 N–H and O–H groups in total. The summed E-state index contributed by atoms with van der Waals surface area (Å²) in [5.41, 5.74) is -1.53. The molecule has 0 aliphatic carbocycles. The molecule has 0 amide bonds. The van der Waals surface area contributed by atoms with E-state index in [-0.39, 0.29) is 18.7 Å². The highest BCUT2D eigenvalue weighted by molar-refractivity contribution is 5.34. The minimum atomic E-state index is -1.87. The van der Waals surface area contributed by atoms with Crippen molar-refractivity contribution in [3.63, 3.8) is 0 Å². The standard InChI is InChI=1S/C21H18F3N3O2/c1-15(29-9-3-5-16-4-2-6-17(22)10-16)21(28,12-27-14-25-13-26-27)19-8-7-18(23)11-20(19)24/h2,4,6-8,10-11,13-15,28H,9,12H2,1H3/t15-,21-/m1/s1. The first kappa shape index (κ1) is 20.6. The molecular formula is C21H18F3N3O2. The van der Waals surface area contributed by atoms with Crippen LogP contribution in [0.5, 0.6) is 0 Å². The summed E-state index contributed by atoms with van der Waals surface area (Å²) in [5.74, 6) is 3.40. The highest BCUT2D eigenvalue weighted by Gasteiger charge is 2.40. The van der Waals surface area contributed by atoms with Gasteiger partial charge in [-0.2, -0.15) is 5.10 Å². The van der Waals surface area contributed by atoms with Crippen molar-refractivity contribution in [1.29, 1.82) is 0 Å². The SMILES string of the molecule is C[C@@H](OCC#Cc1cccc(F)c1)[C@](O)(Cn1cncn1)c1ccc(F)cc1F. The quantitative estimate of drug-likeness (QED) is 0.645. The van der Waals surface area contributed by atoms with Gasteiger partial charge in [-0.15, -0.1) is 0 Å². The molecule has 0 aliphatic rings. The zero-order valence-corrected chi connectivity index (χ0v) is 15.5. The molecule has 0 radical (unpaired) electrons. The summed E-state index contributed by atoms with van der Waals surface area (Å²) in [6.07, 6.45) is 1.70. The maximum atomic E-state index is 14.4. The summed E-state index contributed by atoms with van der Waals surface area (Å²) >= 11 is 0. The fourth-order valence-electron chi connectivity index (χ4n) is 2.84. The normalized spacial score (nSPS) is 14.0. The van der Waals surface area contributed by atoms with Gasteiger partial charge in [0.25, 0.3) is 0 Å². The van der Waals surface area contributed by atoms with Gasteiger partial charge in [0, 0.05) is 17.2 Å². The molecule has 8 heteroatoms. The number of benzene rings is 2. The van der Waals surface area contributed by atoms with Gasteiger partial charge in [0.15, 0.2) is 0 Å². The van der Waals surface area contributed by atoms with Crippen LogP contribution in [0.4, 0.5) is 13.2 Å². The average Bonchev–Trinajstić information content (AvgIpc) is 3.17. The topological polar surface area (TPSA) is 60.2 Å². The van der Waals surface area contributed by atoms with E-state index in [1.807, 2.05) is 0 Å². The van der Waals surface area contributed by atoms with Crippen molar-refractivity contribution in [3.8, 4) is 11.8 Å². The Morgan fingerprint density at radius 3 is 2.66 bits per heavy atom. The molecule has 0 spiro atoms. The predicted octanol–water partition coefficient (Wildman–Crippen LogP) is 3.04. The van der Waals surface area contributed by atoms with Crippen molar-refractivity contribution in [2.45, 2.75) is 25.2 Å². The third kappa shape index (κ3) is 5.02. The van der Waals surface area contributed by atoms with Crippen molar-refractivity contribution >= 4 is 0 Å². The number of halogens is 3. The lowest BCUT2D eigenvalue weighted by molar-refractivity contribution is -0.111. The van der Waals surface area contributed by atoms with E-state index in [4.69, 9.17) is 4.74 Å². The Labute approximate surface area is 165 Å². The first-order chi connectivity index (χ1) is 13.9. The van der Waals surface area contributed by atoms with Gasteiger partial charge in [-0.25, -0.2) is 22.8 Å². The van der Waals surface area contributed by atoms with Crippen LogP contribution in [0.3, 0.4) is 0 Å². The van der Waals surface area contributed by atoms with Crippen LogP contribution in [0.2, 0.25) is 0 Å². The first-order valence-electron chi connectivity index (χ1n) is 8.75. The molecule has 0 unspecified atom stereocenters. The number of hydrogen-bond acceptors (Lipinski definition) is 4. The molecule has 1 aromatic heterocycles. The lowest BCUT2D eigenvalue weighted by Gasteiger charge is -2.34. The van der Waals surface area contributed by atoms with Crippen LogP contribution >= 0.6 is 0 Å². The molecular weight excluding hydrogens is 383 g/mol. The van der Waals surface area contributed by atoms with Crippen LogP contribution in [-0.4, -0.2) is 32.6 Å². The fourth-order valence-corrected chi connectivity index (χ4v) is 2.84. The summed E-state index contributed by atoms with van der Waals surface area (Å²) in [4.78, 5) is 3.81. The molecule has 5 nitrogen and oxygen atoms in total. The van der Waals surface area contributed by atoms with Gasteiger partial charge in [-0.1, -0.05) is 24.0 Å². The van der Waals surface area contributed by atoms with Crippen molar-refractivity contribution in [2.75, 3.05) is 6.61 Å². The van der Waals surface area contributed by atoms with Crippen LogP contribution in [0.15, 0.2) is 55.1 Å². The summed E-state index contributed by atoms with van der Waals surface area (Å²) in [7, 11) is 0. The second kappa shape index (κ2) is 8.90. The van der Waals surface area contributed by atoms with E-state index in [2.05, 4.69) is 21.9 Å². The zero-order valence-electron chi connectivity index (χ0n) is 15.5. The Morgan fingerprint density at radius 2 is 1.97 bits per heavy atom. The Morgan fingerprint density at radius 1 is 1.17 bits per heavy atom. The third-order valence-corrected chi connectivity index (χ3v) is 4.40. The Bertz CT molecular complexity index is 1030. The van der Waals surface area contributed by atoms with E-state index in [0.717, 1.165) is 6.07 Å². The summed E-state index contributed by atoms with van der Waals surface area (Å²) in [5, 5.41) is 15.2. The second-order valence-corrected chi connectivity index (χ2v) is 6.41.